The fourth-order valence-corrected chi connectivity index (χ4v) is 1.08. The number of anilines is 1. The molecule has 3 N–H and O–H groups in total. The van der Waals surface area contributed by atoms with Crippen molar-refractivity contribution in [1.29, 1.82) is 5.41 Å². The molecular weight excluding hydrogens is 176 g/mol. The molecule has 0 aromatic carbocycles. The summed E-state index contributed by atoms with van der Waals surface area (Å²) in [7, 11) is 2.00. The predicted octanol–water partition coefficient (Wildman–Crippen LogP) is 1.21. The number of nitrogens with two attached hydrogens (primary N) is 1. The number of hydrogen-bond acceptors (Lipinski definition) is 3. The smallest absolute Gasteiger partial charge is 0.141 e. The highest BCUT2D eigenvalue weighted by Gasteiger charge is 2.06. The molecule has 14 heavy (non-hydrogen) atoms. The number of pyridine rings is 1. The molecule has 0 aliphatic carbocycles. The van der Waals surface area contributed by atoms with E-state index in [4.69, 9.17) is 11.1 Å². The van der Waals surface area contributed by atoms with Gasteiger partial charge in [0, 0.05) is 25.0 Å². The molecule has 1 rings (SSSR count). The fraction of sp³-hybridized carbons (Fsp3) is 0.400. The fourth-order valence-electron chi connectivity index (χ4n) is 1.08. The van der Waals surface area contributed by atoms with Crippen molar-refractivity contribution < 1.29 is 0 Å². The number of aromatic nitrogens is 1. The summed E-state index contributed by atoms with van der Waals surface area (Å²) in [5.74, 6) is 0.00371. The number of rotatable bonds is 3. The van der Waals surface area contributed by atoms with Gasteiger partial charge in [0.25, 0.3) is 0 Å². The number of amidine groups is 1. The summed E-state index contributed by atoms with van der Waals surface area (Å²) in [6, 6.07) is 4.15. The van der Waals surface area contributed by atoms with Crippen molar-refractivity contribution in [2.45, 2.75) is 19.9 Å². The van der Waals surface area contributed by atoms with Gasteiger partial charge in [-0.15, -0.1) is 0 Å². The molecule has 0 unspecified atom stereocenters. The maximum Gasteiger partial charge on any atom is 0.141 e. The van der Waals surface area contributed by atoms with E-state index in [0.29, 0.717) is 11.7 Å². The molecule has 0 spiro atoms. The first-order valence-corrected chi connectivity index (χ1v) is 4.55. The zero-order valence-electron chi connectivity index (χ0n) is 8.78. The Balaban J connectivity index is 2.99. The predicted molar refractivity (Wildman–Crippen MR) is 58.8 cm³/mol. The van der Waals surface area contributed by atoms with Gasteiger partial charge in [0.1, 0.15) is 11.5 Å². The molecule has 1 aromatic heterocycles. The van der Waals surface area contributed by atoms with Gasteiger partial charge < -0.3 is 10.6 Å². The Morgan fingerprint density at radius 1 is 1.57 bits per heavy atom. The average molecular weight is 192 g/mol. The van der Waals surface area contributed by atoms with Gasteiger partial charge in [-0.2, -0.15) is 0 Å². The highest BCUT2D eigenvalue weighted by atomic mass is 15.1. The molecular formula is C10H16N4. The summed E-state index contributed by atoms with van der Waals surface area (Å²) in [5, 5.41) is 7.28. The van der Waals surface area contributed by atoms with Crippen LogP contribution in [0.3, 0.4) is 0 Å². The SMILES string of the molecule is CC(C)N(C)c1ccnc(C(=N)N)c1. The van der Waals surface area contributed by atoms with Gasteiger partial charge in [-0.25, -0.2) is 0 Å². The van der Waals surface area contributed by atoms with E-state index in [2.05, 4.69) is 23.7 Å². The first-order chi connectivity index (χ1) is 6.52. The molecule has 0 bridgehead atoms. The van der Waals surface area contributed by atoms with Crippen LogP contribution in [0.4, 0.5) is 5.69 Å². The number of hydrogen-bond donors (Lipinski definition) is 2. The third-order valence-corrected chi connectivity index (χ3v) is 2.20. The van der Waals surface area contributed by atoms with Crippen molar-refractivity contribution in [2.75, 3.05) is 11.9 Å². The topological polar surface area (TPSA) is 66.0 Å². The van der Waals surface area contributed by atoms with Gasteiger partial charge in [-0.1, -0.05) is 0 Å². The van der Waals surface area contributed by atoms with Crippen molar-refractivity contribution >= 4 is 11.5 Å². The Morgan fingerprint density at radius 3 is 2.71 bits per heavy atom. The van der Waals surface area contributed by atoms with Crippen LogP contribution < -0.4 is 10.6 Å². The second-order valence-electron chi connectivity index (χ2n) is 3.52. The molecule has 0 aliphatic heterocycles. The van der Waals surface area contributed by atoms with Gasteiger partial charge in [0.15, 0.2) is 0 Å². The standard InChI is InChI=1S/C10H16N4/c1-7(2)14(3)8-4-5-13-9(6-8)10(11)12/h4-7H,1-3H3,(H3,11,12). The van der Waals surface area contributed by atoms with Crippen molar-refractivity contribution in [2.24, 2.45) is 5.73 Å². The van der Waals surface area contributed by atoms with Gasteiger partial charge in [-0.3, -0.25) is 10.4 Å². The van der Waals surface area contributed by atoms with Crippen LogP contribution in [-0.2, 0) is 0 Å². The van der Waals surface area contributed by atoms with E-state index < -0.39 is 0 Å². The maximum atomic E-state index is 7.28. The van der Waals surface area contributed by atoms with Crippen LogP contribution in [-0.4, -0.2) is 23.9 Å². The van der Waals surface area contributed by atoms with Crippen molar-refractivity contribution in [3.63, 3.8) is 0 Å². The van der Waals surface area contributed by atoms with Crippen LogP contribution in [0.5, 0.6) is 0 Å². The van der Waals surface area contributed by atoms with Crippen LogP contribution in [0.15, 0.2) is 18.3 Å². The third kappa shape index (κ3) is 2.22. The summed E-state index contributed by atoms with van der Waals surface area (Å²) in [6.07, 6.45) is 1.67. The third-order valence-electron chi connectivity index (χ3n) is 2.20. The molecule has 0 saturated heterocycles. The highest BCUT2D eigenvalue weighted by molar-refractivity contribution is 5.93. The van der Waals surface area contributed by atoms with Gasteiger partial charge in [0.2, 0.25) is 0 Å². The molecule has 0 aliphatic rings. The molecule has 0 fully saturated rings. The minimum Gasteiger partial charge on any atom is -0.382 e. The van der Waals surface area contributed by atoms with Crippen molar-refractivity contribution in [3.05, 3.63) is 24.0 Å². The molecule has 0 saturated carbocycles. The number of nitrogens with one attached hydrogen (secondary N) is 1. The zero-order valence-corrected chi connectivity index (χ0v) is 8.78. The Labute approximate surface area is 84.3 Å². The van der Waals surface area contributed by atoms with E-state index in [1.54, 1.807) is 6.20 Å². The van der Waals surface area contributed by atoms with Crippen LogP contribution in [0.25, 0.3) is 0 Å². The number of nitrogens with zero attached hydrogens (tertiary/aromatic N) is 2. The van der Waals surface area contributed by atoms with Crippen molar-refractivity contribution in [3.8, 4) is 0 Å². The Kier molecular flexibility index (Phi) is 3.06. The van der Waals surface area contributed by atoms with E-state index in [0.717, 1.165) is 5.69 Å². The largest absolute Gasteiger partial charge is 0.382 e. The Hall–Kier alpha value is -1.58. The Morgan fingerprint density at radius 2 is 2.21 bits per heavy atom. The van der Waals surface area contributed by atoms with Gasteiger partial charge in [0.05, 0.1) is 0 Å². The quantitative estimate of drug-likeness (QED) is 0.559. The normalized spacial score (nSPS) is 10.3. The van der Waals surface area contributed by atoms with E-state index in [9.17, 15) is 0 Å². The summed E-state index contributed by atoms with van der Waals surface area (Å²) in [5.41, 5.74) is 6.91. The minimum atomic E-state index is 0.00371. The molecule has 76 valence electrons. The molecule has 1 aromatic rings. The summed E-state index contributed by atoms with van der Waals surface area (Å²) < 4.78 is 0. The number of nitrogen functional groups attached to an aromatic ring is 1. The lowest BCUT2D eigenvalue weighted by Gasteiger charge is -2.23. The first-order valence-electron chi connectivity index (χ1n) is 4.55. The van der Waals surface area contributed by atoms with E-state index in [1.165, 1.54) is 0 Å². The van der Waals surface area contributed by atoms with Crippen LogP contribution in [0.1, 0.15) is 19.5 Å². The zero-order chi connectivity index (χ0) is 10.7. The summed E-state index contributed by atoms with van der Waals surface area (Å²) in [6.45, 7) is 4.21. The van der Waals surface area contributed by atoms with Crippen LogP contribution in [0.2, 0.25) is 0 Å². The molecule has 0 radical (unpaired) electrons. The monoisotopic (exact) mass is 192 g/mol. The lowest BCUT2D eigenvalue weighted by Crippen LogP contribution is -2.26. The van der Waals surface area contributed by atoms with Gasteiger partial charge in [-0.05, 0) is 26.0 Å². The van der Waals surface area contributed by atoms with E-state index in [1.807, 2.05) is 19.2 Å². The minimum absolute atomic E-state index is 0.00371. The average Bonchev–Trinajstić information content (AvgIpc) is 2.16. The lowest BCUT2D eigenvalue weighted by molar-refractivity contribution is 0.754. The molecule has 4 heteroatoms. The summed E-state index contributed by atoms with van der Waals surface area (Å²) >= 11 is 0. The van der Waals surface area contributed by atoms with E-state index in [-0.39, 0.29) is 5.84 Å². The molecule has 1 heterocycles. The highest BCUT2D eigenvalue weighted by Crippen LogP contribution is 2.14. The van der Waals surface area contributed by atoms with Gasteiger partial charge >= 0.3 is 0 Å². The molecule has 0 amide bonds. The second kappa shape index (κ2) is 4.09. The lowest BCUT2D eigenvalue weighted by atomic mass is 10.2. The van der Waals surface area contributed by atoms with Crippen molar-refractivity contribution in [1.82, 2.24) is 4.98 Å². The molecule has 4 nitrogen and oxygen atoms in total. The Bertz CT molecular complexity index is 333. The van der Waals surface area contributed by atoms with Crippen LogP contribution >= 0.6 is 0 Å². The first kappa shape index (κ1) is 10.5. The summed E-state index contributed by atoms with van der Waals surface area (Å²) in [4.78, 5) is 6.11. The van der Waals surface area contributed by atoms with E-state index >= 15 is 0 Å². The second-order valence-corrected chi connectivity index (χ2v) is 3.52. The maximum absolute atomic E-state index is 7.28. The molecule has 0 atom stereocenters. The van der Waals surface area contributed by atoms with Crippen LogP contribution in [0, 0.1) is 5.41 Å².